The van der Waals surface area contributed by atoms with Crippen molar-refractivity contribution < 1.29 is 9.90 Å². The van der Waals surface area contributed by atoms with Crippen molar-refractivity contribution >= 4 is 11.7 Å². The molecule has 0 aliphatic heterocycles. The van der Waals surface area contributed by atoms with E-state index in [0.29, 0.717) is 6.54 Å². The van der Waals surface area contributed by atoms with Gasteiger partial charge in [-0.1, -0.05) is 31.0 Å². The van der Waals surface area contributed by atoms with E-state index in [0.717, 1.165) is 36.9 Å². The maximum atomic E-state index is 12.2. The molecule has 0 bridgehead atoms. The van der Waals surface area contributed by atoms with Crippen LogP contribution in [-0.4, -0.2) is 35.7 Å². The Morgan fingerprint density at radius 2 is 2.05 bits per heavy atom. The molecule has 0 saturated heterocycles. The molecule has 0 radical (unpaired) electrons. The van der Waals surface area contributed by atoms with Crippen molar-refractivity contribution in [2.45, 2.75) is 38.7 Å². The molecule has 2 atom stereocenters. The summed E-state index contributed by atoms with van der Waals surface area (Å²) in [5.74, 6) is 0.205. The van der Waals surface area contributed by atoms with Crippen LogP contribution in [0.1, 0.15) is 31.2 Å². The van der Waals surface area contributed by atoms with Gasteiger partial charge in [-0.15, -0.1) is 0 Å². The van der Waals surface area contributed by atoms with Gasteiger partial charge >= 0.3 is 6.03 Å². The zero-order valence-corrected chi connectivity index (χ0v) is 12.3. The topological polar surface area (TPSA) is 52.6 Å². The monoisotopic (exact) mass is 276 g/mol. The first-order chi connectivity index (χ1) is 9.58. The van der Waals surface area contributed by atoms with E-state index in [-0.39, 0.29) is 18.1 Å². The predicted molar refractivity (Wildman–Crippen MR) is 80.8 cm³/mol. The lowest BCUT2D eigenvalue weighted by Gasteiger charge is -2.31. The second-order valence-corrected chi connectivity index (χ2v) is 5.74. The normalized spacial score (nSPS) is 22.4. The summed E-state index contributed by atoms with van der Waals surface area (Å²) >= 11 is 0. The number of hydrogen-bond donors (Lipinski definition) is 2. The molecular formula is C16H24N2O2. The minimum atomic E-state index is -0.266. The SMILES string of the molecule is Cc1ccccc1NC(=O)N(C)CC1CCCCC1O. The second-order valence-electron chi connectivity index (χ2n) is 5.74. The molecule has 1 aliphatic rings. The van der Waals surface area contributed by atoms with E-state index >= 15 is 0 Å². The standard InChI is InChI=1S/C16H24N2O2/c1-12-7-3-5-9-14(12)17-16(20)18(2)11-13-8-4-6-10-15(13)19/h3,5,7,9,13,15,19H,4,6,8,10-11H2,1-2H3,(H,17,20). The summed E-state index contributed by atoms with van der Waals surface area (Å²) in [5.41, 5.74) is 1.89. The quantitative estimate of drug-likeness (QED) is 0.891. The largest absolute Gasteiger partial charge is 0.393 e. The zero-order valence-electron chi connectivity index (χ0n) is 12.3. The smallest absolute Gasteiger partial charge is 0.321 e. The van der Waals surface area contributed by atoms with Crippen molar-refractivity contribution in [1.29, 1.82) is 0 Å². The van der Waals surface area contributed by atoms with Crippen molar-refractivity contribution in [3.63, 3.8) is 0 Å². The Balaban J connectivity index is 1.90. The third kappa shape index (κ3) is 3.73. The summed E-state index contributed by atoms with van der Waals surface area (Å²) in [5, 5.41) is 12.9. The number of amides is 2. The van der Waals surface area contributed by atoms with Gasteiger partial charge in [-0.2, -0.15) is 0 Å². The van der Waals surface area contributed by atoms with E-state index in [1.165, 1.54) is 0 Å². The van der Waals surface area contributed by atoms with Crippen LogP contribution < -0.4 is 5.32 Å². The number of hydrogen-bond acceptors (Lipinski definition) is 2. The highest BCUT2D eigenvalue weighted by atomic mass is 16.3. The lowest BCUT2D eigenvalue weighted by molar-refractivity contribution is 0.0575. The van der Waals surface area contributed by atoms with Crippen molar-refractivity contribution in [2.24, 2.45) is 5.92 Å². The lowest BCUT2D eigenvalue weighted by atomic mass is 9.86. The molecule has 1 aromatic carbocycles. The Morgan fingerprint density at radius 3 is 2.75 bits per heavy atom. The molecule has 110 valence electrons. The third-order valence-corrected chi connectivity index (χ3v) is 4.11. The number of nitrogens with zero attached hydrogens (tertiary/aromatic N) is 1. The fraction of sp³-hybridized carbons (Fsp3) is 0.562. The van der Waals surface area contributed by atoms with Crippen molar-refractivity contribution in [2.75, 3.05) is 18.9 Å². The van der Waals surface area contributed by atoms with Crippen LogP contribution in [0.15, 0.2) is 24.3 Å². The molecule has 2 rings (SSSR count). The summed E-state index contributed by atoms with van der Waals surface area (Å²) in [7, 11) is 1.79. The molecule has 1 fully saturated rings. The minimum Gasteiger partial charge on any atom is -0.393 e. The molecule has 2 unspecified atom stereocenters. The van der Waals surface area contributed by atoms with Crippen LogP contribution >= 0.6 is 0 Å². The molecule has 4 heteroatoms. The Labute approximate surface area is 120 Å². The molecule has 2 amide bonds. The van der Waals surface area contributed by atoms with E-state index in [2.05, 4.69) is 5.32 Å². The molecule has 1 aromatic rings. The summed E-state index contributed by atoms with van der Waals surface area (Å²) in [4.78, 5) is 13.9. The van der Waals surface area contributed by atoms with Crippen LogP contribution in [0.4, 0.5) is 10.5 Å². The van der Waals surface area contributed by atoms with Crippen LogP contribution in [0, 0.1) is 12.8 Å². The molecule has 0 spiro atoms. The Morgan fingerprint density at radius 1 is 1.35 bits per heavy atom. The van der Waals surface area contributed by atoms with Gasteiger partial charge in [-0.25, -0.2) is 4.79 Å². The van der Waals surface area contributed by atoms with Gasteiger partial charge in [0, 0.05) is 25.2 Å². The first kappa shape index (κ1) is 14.9. The number of urea groups is 1. The summed E-state index contributed by atoms with van der Waals surface area (Å²) in [6.45, 7) is 2.58. The number of aliphatic hydroxyl groups excluding tert-OH is 1. The number of benzene rings is 1. The zero-order chi connectivity index (χ0) is 14.5. The van der Waals surface area contributed by atoms with Crippen LogP contribution in [-0.2, 0) is 0 Å². The van der Waals surface area contributed by atoms with Gasteiger partial charge in [-0.3, -0.25) is 0 Å². The second kappa shape index (κ2) is 6.75. The summed E-state index contributed by atoms with van der Waals surface area (Å²) < 4.78 is 0. The maximum Gasteiger partial charge on any atom is 0.321 e. The summed E-state index contributed by atoms with van der Waals surface area (Å²) in [6.07, 6.45) is 3.84. The van der Waals surface area contributed by atoms with Gasteiger partial charge in [0.05, 0.1) is 6.10 Å². The lowest BCUT2D eigenvalue weighted by Crippen LogP contribution is -2.40. The molecule has 1 aliphatic carbocycles. The van der Waals surface area contributed by atoms with E-state index in [1.807, 2.05) is 31.2 Å². The van der Waals surface area contributed by atoms with Gasteiger partial charge in [0.25, 0.3) is 0 Å². The van der Waals surface area contributed by atoms with E-state index in [9.17, 15) is 9.90 Å². The molecule has 1 saturated carbocycles. The molecule has 2 N–H and O–H groups in total. The first-order valence-corrected chi connectivity index (χ1v) is 7.33. The fourth-order valence-electron chi connectivity index (χ4n) is 2.76. The van der Waals surface area contributed by atoms with Gasteiger partial charge in [0.2, 0.25) is 0 Å². The van der Waals surface area contributed by atoms with Crippen molar-refractivity contribution in [1.82, 2.24) is 4.90 Å². The Bertz CT molecular complexity index is 462. The van der Waals surface area contributed by atoms with Crippen LogP contribution in [0.2, 0.25) is 0 Å². The molecule has 0 heterocycles. The third-order valence-electron chi connectivity index (χ3n) is 4.11. The first-order valence-electron chi connectivity index (χ1n) is 7.33. The van der Waals surface area contributed by atoms with Crippen LogP contribution in [0.5, 0.6) is 0 Å². The van der Waals surface area contributed by atoms with E-state index in [1.54, 1.807) is 11.9 Å². The van der Waals surface area contributed by atoms with Crippen LogP contribution in [0.25, 0.3) is 0 Å². The number of carbonyl (C=O) groups excluding carboxylic acids is 1. The Kier molecular flexibility index (Phi) is 5.01. The van der Waals surface area contributed by atoms with E-state index < -0.39 is 0 Å². The molecule has 20 heavy (non-hydrogen) atoms. The van der Waals surface area contributed by atoms with Crippen LogP contribution in [0.3, 0.4) is 0 Å². The van der Waals surface area contributed by atoms with Gasteiger partial charge in [-0.05, 0) is 31.4 Å². The molecular weight excluding hydrogens is 252 g/mol. The number of para-hydroxylation sites is 1. The van der Waals surface area contributed by atoms with Crippen molar-refractivity contribution in [3.8, 4) is 0 Å². The number of nitrogens with one attached hydrogen (secondary N) is 1. The Hall–Kier alpha value is -1.55. The highest BCUT2D eigenvalue weighted by Gasteiger charge is 2.25. The average molecular weight is 276 g/mol. The molecule has 4 nitrogen and oxygen atoms in total. The number of aryl methyl sites for hydroxylation is 1. The number of carbonyl (C=O) groups is 1. The van der Waals surface area contributed by atoms with Gasteiger partial charge < -0.3 is 15.3 Å². The fourth-order valence-corrected chi connectivity index (χ4v) is 2.76. The van der Waals surface area contributed by atoms with Gasteiger partial charge in [0.1, 0.15) is 0 Å². The predicted octanol–water partition coefficient (Wildman–Crippen LogP) is 3.01. The van der Waals surface area contributed by atoms with Crippen molar-refractivity contribution in [3.05, 3.63) is 29.8 Å². The highest BCUT2D eigenvalue weighted by Crippen LogP contribution is 2.25. The maximum absolute atomic E-state index is 12.2. The average Bonchev–Trinajstić information content (AvgIpc) is 2.43. The molecule has 0 aromatic heterocycles. The number of rotatable bonds is 3. The van der Waals surface area contributed by atoms with Gasteiger partial charge in [0.15, 0.2) is 0 Å². The van der Waals surface area contributed by atoms with E-state index in [4.69, 9.17) is 0 Å². The minimum absolute atomic E-state index is 0.114. The number of aliphatic hydroxyl groups is 1. The summed E-state index contributed by atoms with van der Waals surface area (Å²) in [6, 6.07) is 7.62. The highest BCUT2D eigenvalue weighted by molar-refractivity contribution is 5.89. The number of anilines is 1.